The lowest BCUT2D eigenvalue weighted by atomic mass is 9.92. The molecule has 7 heteroatoms. The second-order valence-electron chi connectivity index (χ2n) is 6.05. The van der Waals surface area contributed by atoms with Gasteiger partial charge in [-0.25, -0.2) is 4.98 Å². The summed E-state index contributed by atoms with van der Waals surface area (Å²) in [5.41, 5.74) is 0. The maximum absolute atomic E-state index is 12.2. The van der Waals surface area contributed by atoms with E-state index < -0.39 is 0 Å². The molecule has 1 fully saturated rings. The molecule has 22 heavy (non-hydrogen) atoms. The molecule has 0 saturated carbocycles. The highest BCUT2D eigenvalue weighted by Crippen LogP contribution is 2.16. The minimum atomic E-state index is 0. The molecule has 0 aromatic carbocycles. The molecular formula is C15H28Cl2N4O. The van der Waals surface area contributed by atoms with E-state index in [1.807, 2.05) is 19.3 Å². The first kappa shape index (κ1) is 21.2. The van der Waals surface area contributed by atoms with Gasteiger partial charge >= 0.3 is 0 Å². The molecular weight excluding hydrogens is 323 g/mol. The lowest BCUT2D eigenvalue weighted by Crippen LogP contribution is -2.43. The van der Waals surface area contributed by atoms with Crippen LogP contribution in [0.3, 0.4) is 0 Å². The van der Waals surface area contributed by atoms with Crippen LogP contribution >= 0.6 is 24.8 Å². The summed E-state index contributed by atoms with van der Waals surface area (Å²) in [5, 5.41) is 6.48. The molecule has 0 aliphatic carbocycles. The Balaban J connectivity index is 0.00000220. The summed E-state index contributed by atoms with van der Waals surface area (Å²) in [7, 11) is 0. The smallest absolute Gasteiger partial charge is 0.223 e. The van der Waals surface area contributed by atoms with Gasteiger partial charge in [0, 0.05) is 37.4 Å². The van der Waals surface area contributed by atoms with Gasteiger partial charge in [-0.05, 0) is 39.2 Å². The van der Waals surface area contributed by atoms with E-state index in [2.05, 4.69) is 34.0 Å². The third-order valence-corrected chi connectivity index (χ3v) is 4.05. The van der Waals surface area contributed by atoms with Crippen LogP contribution in [0.4, 0.5) is 0 Å². The van der Waals surface area contributed by atoms with Gasteiger partial charge in [-0.2, -0.15) is 0 Å². The molecule has 1 amide bonds. The summed E-state index contributed by atoms with van der Waals surface area (Å²) in [6.07, 6.45) is 5.70. The minimum Gasteiger partial charge on any atom is -0.356 e. The van der Waals surface area contributed by atoms with Gasteiger partial charge in [-0.1, -0.05) is 6.92 Å². The van der Waals surface area contributed by atoms with Crippen molar-refractivity contribution in [2.45, 2.75) is 46.2 Å². The predicted molar refractivity (Wildman–Crippen MR) is 93.8 cm³/mol. The summed E-state index contributed by atoms with van der Waals surface area (Å²) in [6.45, 7) is 8.88. The van der Waals surface area contributed by atoms with Crippen LogP contribution in [0, 0.1) is 18.8 Å². The number of piperidine rings is 1. The number of hydrogen-bond acceptors (Lipinski definition) is 3. The van der Waals surface area contributed by atoms with Gasteiger partial charge in [0.15, 0.2) is 0 Å². The average Bonchev–Trinajstić information content (AvgIpc) is 2.81. The Labute approximate surface area is 145 Å². The van der Waals surface area contributed by atoms with Crippen molar-refractivity contribution in [2.24, 2.45) is 11.8 Å². The third kappa shape index (κ3) is 6.15. The molecule has 1 aliphatic rings. The topological polar surface area (TPSA) is 59.0 Å². The van der Waals surface area contributed by atoms with Crippen LogP contribution in [0.1, 0.15) is 32.5 Å². The van der Waals surface area contributed by atoms with Crippen LogP contribution < -0.4 is 10.6 Å². The number of rotatable bonds is 5. The standard InChI is InChI=1S/C15H26N4O.2ClH/c1-11(10-19-7-6-17-13(19)3)9-18-15(20)14-4-5-16-12(2)8-14;;/h6-7,11-12,14,16H,4-5,8-10H2,1-3H3,(H,18,20);2*1H/t11?,12-,14-;;/m0../s1. The Morgan fingerprint density at radius 2 is 2.27 bits per heavy atom. The van der Waals surface area contributed by atoms with Crippen molar-refractivity contribution < 1.29 is 4.79 Å². The van der Waals surface area contributed by atoms with E-state index in [1.54, 1.807) is 0 Å². The summed E-state index contributed by atoms with van der Waals surface area (Å²) in [6, 6.07) is 0.450. The molecule has 0 radical (unpaired) electrons. The molecule has 3 atom stereocenters. The number of aromatic nitrogens is 2. The first-order chi connectivity index (χ1) is 9.56. The van der Waals surface area contributed by atoms with Crippen LogP contribution in [-0.2, 0) is 11.3 Å². The van der Waals surface area contributed by atoms with E-state index >= 15 is 0 Å². The Hall–Kier alpha value is -0.780. The van der Waals surface area contributed by atoms with E-state index in [-0.39, 0.29) is 36.6 Å². The highest BCUT2D eigenvalue weighted by Gasteiger charge is 2.24. The van der Waals surface area contributed by atoms with E-state index in [0.717, 1.165) is 38.3 Å². The lowest BCUT2D eigenvalue weighted by Gasteiger charge is -2.27. The fourth-order valence-corrected chi connectivity index (χ4v) is 2.79. The van der Waals surface area contributed by atoms with Crippen LogP contribution in [-0.4, -0.2) is 34.6 Å². The molecule has 1 unspecified atom stereocenters. The van der Waals surface area contributed by atoms with E-state index in [0.29, 0.717) is 12.0 Å². The quantitative estimate of drug-likeness (QED) is 0.855. The van der Waals surface area contributed by atoms with Crippen molar-refractivity contribution in [3.05, 3.63) is 18.2 Å². The molecule has 0 bridgehead atoms. The van der Waals surface area contributed by atoms with E-state index in [1.165, 1.54) is 0 Å². The van der Waals surface area contributed by atoms with Crippen molar-refractivity contribution in [2.75, 3.05) is 13.1 Å². The molecule has 1 aliphatic heterocycles. The number of imidazole rings is 1. The van der Waals surface area contributed by atoms with Crippen molar-refractivity contribution >= 4 is 30.7 Å². The second kappa shape index (κ2) is 10.1. The largest absolute Gasteiger partial charge is 0.356 e. The summed E-state index contributed by atoms with van der Waals surface area (Å²) >= 11 is 0. The van der Waals surface area contributed by atoms with Gasteiger partial charge in [0.1, 0.15) is 5.82 Å². The molecule has 1 aromatic heterocycles. The van der Waals surface area contributed by atoms with Gasteiger partial charge in [-0.15, -0.1) is 24.8 Å². The fraction of sp³-hybridized carbons (Fsp3) is 0.733. The van der Waals surface area contributed by atoms with Gasteiger partial charge < -0.3 is 15.2 Å². The van der Waals surface area contributed by atoms with Gasteiger partial charge in [0.25, 0.3) is 0 Å². The highest BCUT2D eigenvalue weighted by atomic mass is 35.5. The number of carbonyl (C=O) groups excluding carboxylic acids is 1. The molecule has 1 saturated heterocycles. The summed E-state index contributed by atoms with van der Waals surface area (Å²) < 4.78 is 2.13. The normalized spacial score (nSPS) is 22.1. The molecule has 0 spiro atoms. The van der Waals surface area contributed by atoms with Crippen molar-refractivity contribution in [1.82, 2.24) is 20.2 Å². The summed E-state index contributed by atoms with van der Waals surface area (Å²) in [5.74, 6) is 1.82. The van der Waals surface area contributed by atoms with E-state index in [4.69, 9.17) is 0 Å². The van der Waals surface area contributed by atoms with Crippen LogP contribution in [0.15, 0.2) is 12.4 Å². The number of amides is 1. The van der Waals surface area contributed by atoms with Gasteiger partial charge in [-0.3, -0.25) is 4.79 Å². The molecule has 2 N–H and O–H groups in total. The van der Waals surface area contributed by atoms with Crippen molar-refractivity contribution in [3.63, 3.8) is 0 Å². The molecule has 2 rings (SSSR count). The van der Waals surface area contributed by atoms with Gasteiger partial charge in [0.2, 0.25) is 5.91 Å². The lowest BCUT2D eigenvalue weighted by molar-refractivity contribution is -0.126. The first-order valence-electron chi connectivity index (χ1n) is 7.55. The maximum atomic E-state index is 12.2. The number of halogens is 2. The first-order valence-corrected chi connectivity index (χ1v) is 7.55. The fourth-order valence-electron chi connectivity index (χ4n) is 2.79. The zero-order chi connectivity index (χ0) is 14.5. The van der Waals surface area contributed by atoms with Gasteiger partial charge in [0.05, 0.1) is 0 Å². The Morgan fingerprint density at radius 3 is 2.86 bits per heavy atom. The monoisotopic (exact) mass is 350 g/mol. The third-order valence-electron chi connectivity index (χ3n) is 4.05. The average molecular weight is 351 g/mol. The van der Waals surface area contributed by atoms with Crippen molar-refractivity contribution in [1.29, 1.82) is 0 Å². The molecule has 1 aromatic rings. The molecule has 5 nitrogen and oxygen atoms in total. The molecule has 2 heterocycles. The van der Waals surface area contributed by atoms with Crippen LogP contribution in [0.5, 0.6) is 0 Å². The highest BCUT2D eigenvalue weighted by molar-refractivity contribution is 5.85. The van der Waals surface area contributed by atoms with Crippen LogP contribution in [0.25, 0.3) is 0 Å². The number of nitrogens with one attached hydrogen (secondary N) is 2. The zero-order valence-corrected chi connectivity index (χ0v) is 15.2. The molecule has 128 valence electrons. The van der Waals surface area contributed by atoms with Crippen molar-refractivity contribution in [3.8, 4) is 0 Å². The Morgan fingerprint density at radius 1 is 1.55 bits per heavy atom. The second-order valence-corrected chi connectivity index (χ2v) is 6.05. The number of hydrogen-bond donors (Lipinski definition) is 2. The number of nitrogens with zero attached hydrogens (tertiary/aromatic N) is 2. The minimum absolute atomic E-state index is 0. The number of aryl methyl sites for hydroxylation is 1. The SMILES string of the molecule is Cc1nccn1CC(C)CNC(=O)[C@H]1CCN[C@@H](C)C1.Cl.Cl. The Kier molecular flexibility index (Phi) is 9.72. The zero-order valence-electron chi connectivity index (χ0n) is 13.5. The van der Waals surface area contributed by atoms with Crippen LogP contribution in [0.2, 0.25) is 0 Å². The summed E-state index contributed by atoms with van der Waals surface area (Å²) in [4.78, 5) is 16.4. The van der Waals surface area contributed by atoms with E-state index in [9.17, 15) is 4.79 Å². The maximum Gasteiger partial charge on any atom is 0.223 e. The predicted octanol–water partition coefficient (Wildman–Crippen LogP) is 2.18. The Bertz CT molecular complexity index is 453. The number of carbonyl (C=O) groups is 1.